The van der Waals surface area contributed by atoms with Crippen molar-refractivity contribution in [1.29, 1.82) is 0 Å². The highest BCUT2D eigenvalue weighted by atomic mass is 28.3. The summed E-state index contributed by atoms with van der Waals surface area (Å²) in [6, 6.07) is 0. The summed E-state index contributed by atoms with van der Waals surface area (Å²) in [6.45, 7) is 3.34. The molecule has 0 aromatic heterocycles. The Morgan fingerprint density at radius 2 is 2.00 bits per heavy atom. The third-order valence-electron chi connectivity index (χ3n) is 1.43. The van der Waals surface area contributed by atoms with E-state index in [1.165, 1.54) is 6.76 Å². The third kappa shape index (κ3) is 2.30. The lowest BCUT2D eigenvalue weighted by molar-refractivity contribution is 0.432. The van der Waals surface area contributed by atoms with E-state index in [2.05, 4.69) is 0 Å². The second kappa shape index (κ2) is 3.62. The van der Waals surface area contributed by atoms with Crippen LogP contribution in [-0.4, -0.2) is 51.2 Å². The molecule has 7 radical (unpaired) electrons. The van der Waals surface area contributed by atoms with Crippen LogP contribution in [0.4, 0.5) is 0 Å². The van der Waals surface area contributed by atoms with Crippen LogP contribution < -0.4 is 0 Å². The van der Waals surface area contributed by atoms with Crippen LogP contribution in [0.5, 0.6) is 0 Å². The second-order valence-electron chi connectivity index (χ2n) is 2.08. The first kappa shape index (κ1) is 9.50. The SMILES string of the molecule is [B][B][Si](C)(OC)B([B])[B]. The summed E-state index contributed by atoms with van der Waals surface area (Å²) in [6.07, 6.45) is -0.438. The Kier molecular flexibility index (Phi) is 3.82. The summed E-state index contributed by atoms with van der Waals surface area (Å²) < 4.78 is 5.06. The normalized spacial score (nSPS) is 16.2. The molecule has 0 aliphatic heterocycles. The van der Waals surface area contributed by atoms with Crippen LogP contribution in [0.3, 0.4) is 0 Å². The van der Waals surface area contributed by atoms with E-state index in [0.29, 0.717) is 0 Å². The van der Waals surface area contributed by atoms with Gasteiger partial charge < -0.3 is 4.43 Å². The highest BCUT2D eigenvalue weighted by Gasteiger charge is 2.28. The van der Waals surface area contributed by atoms with Gasteiger partial charge in [-0.25, -0.2) is 0 Å². The van der Waals surface area contributed by atoms with E-state index in [0.717, 1.165) is 0 Å². The highest BCUT2D eigenvalue weighted by molar-refractivity contribution is 7.76. The molecule has 7 heteroatoms. The summed E-state index contributed by atoms with van der Waals surface area (Å²) in [5.74, 6) is 0. The van der Waals surface area contributed by atoms with Crippen LogP contribution in [-0.2, 0) is 4.43 Å². The van der Waals surface area contributed by atoms with Gasteiger partial charge in [-0.15, -0.1) is 0 Å². The molecule has 0 aliphatic carbocycles. The first-order valence-electron chi connectivity index (χ1n) is 2.69. The van der Waals surface area contributed by atoms with Gasteiger partial charge in [-0.05, 0) is 0 Å². The first-order valence-corrected chi connectivity index (χ1v) is 5.25. The molecule has 0 saturated heterocycles. The van der Waals surface area contributed by atoms with Crippen molar-refractivity contribution in [1.82, 2.24) is 0 Å². The fourth-order valence-electron chi connectivity index (χ4n) is 0.315. The van der Waals surface area contributed by atoms with Crippen molar-refractivity contribution in [3.05, 3.63) is 0 Å². The average Bonchev–Trinajstić information content (AvgIpc) is 1.86. The molecule has 0 spiro atoms. The van der Waals surface area contributed by atoms with E-state index >= 15 is 0 Å². The lowest BCUT2D eigenvalue weighted by Gasteiger charge is -2.28. The van der Waals surface area contributed by atoms with Crippen molar-refractivity contribution >= 4 is 44.1 Å². The lowest BCUT2D eigenvalue weighted by Crippen LogP contribution is -2.57. The van der Waals surface area contributed by atoms with E-state index in [1.54, 1.807) is 7.11 Å². The molecule has 0 saturated carbocycles. The van der Waals surface area contributed by atoms with Gasteiger partial charge in [-0.1, -0.05) is 6.55 Å². The molecule has 1 atom stereocenters. The molecule has 9 heavy (non-hydrogen) atoms. The Bertz CT molecular complexity index is 83.0. The molecule has 39 valence electrons. The molecule has 0 rings (SSSR count). The van der Waals surface area contributed by atoms with Gasteiger partial charge in [0.1, 0.15) is 0 Å². The second-order valence-corrected chi connectivity index (χ2v) is 5.86. The van der Waals surface area contributed by atoms with E-state index < -0.39 is 14.1 Å². The van der Waals surface area contributed by atoms with Crippen molar-refractivity contribution in [3.8, 4) is 0 Å². The van der Waals surface area contributed by atoms with Crippen LogP contribution in [0, 0.1) is 0 Å². The predicted molar refractivity (Wildman–Crippen MR) is 47.4 cm³/mol. The molecular weight excluding hydrogens is 122 g/mol. The van der Waals surface area contributed by atoms with Crippen molar-refractivity contribution in [2.75, 3.05) is 7.11 Å². The van der Waals surface area contributed by atoms with Crippen molar-refractivity contribution in [2.24, 2.45) is 0 Å². The molecule has 1 nitrogen and oxygen atoms in total. The third-order valence-corrected chi connectivity index (χ3v) is 4.30. The smallest absolute Gasteiger partial charge is 0.0900 e. The molecule has 0 fully saturated rings. The van der Waals surface area contributed by atoms with Gasteiger partial charge >= 0.3 is 0 Å². The molecule has 1 unspecified atom stereocenters. The van der Waals surface area contributed by atoms with Gasteiger partial charge in [0.05, 0.1) is 20.9 Å². The minimum atomic E-state index is -2.07. The summed E-state index contributed by atoms with van der Waals surface area (Å²) in [4.78, 5) is 0. The largest absolute Gasteiger partial charge is 0.439 e. The Morgan fingerprint density at radius 1 is 1.56 bits per heavy atom. The zero-order chi connectivity index (χ0) is 7.49. The Hall–Kier alpha value is 0.502. The number of rotatable bonds is 3. The zero-order valence-corrected chi connectivity index (χ0v) is 6.79. The lowest BCUT2D eigenvalue weighted by atomic mass is 9.37. The maximum absolute atomic E-state index is 5.40. The van der Waals surface area contributed by atoms with Gasteiger partial charge in [0.25, 0.3) is 0 Å². The molecule has 0 aromatic carbocycles. The van der Waals surface area contributed by atoms with Crippen LogP contribution in [0.15, 0.2) is 0 Å². The zero-order valence-electron chi connectivity index (χ0n) is 5.79. The van der Waals surface area contributed by atoms with Crippen LogP contribution >= 0.6 is 0 Å². The maximum Gasteiger partial charge on any atom is 0.0900 e. The summed E-state index contributed by atoms with van der Waals surface area (Å²) in [5, 5.41) is 0. The van der Waals surface area contributed by atoms with E-state index in [9.17, 15) is 0 Å². The number of hydrogen-bond donors (Lipinski definition) is 0. The van der Waals surface area contributed by atoms with E-state index in [1.807, 2.05) is 6.55 Å². The van der Waals surface area contributed by atoms with Crippen molar-refractivity contribution in [3.63, 3.8) is 0 Å². The fourth-order valence-corrected chi connectivity index (χ4v) is 0.946. The van der Waals surface area contributed by atoms with Crippen LogP contribution in [0.25, 0.3) is 0 Å². The fraction of sp³-hybridized carbons (Fsp3) is 1.00. The van der Waals surface area contributed by atoms with Gasteiger partial charge in [0.15, 0.2) is 0 Å². The Labute approximate surface area is 62.8 Å². The quantitative estimate of drug-likeness (QED) is 0.416. The molecule has 0 aliphatic rings. The van der Waals surface area contributed by atoms with Crippen LogP contribution in [0.1, 0.15) is 0 Å². The van der Waals surface area contributed by atoms with E-state index in [4.69, 9.17) is 27.6 Å². The summed E-state index contributed by atoms with van der Waals surface area (Å²) in [5.41, 5.74) is 0. The molecule has 0 bridgehead atoms. The Balaban J connectivity index is 3.92. The van der Waals surface area contributed by atoms with Crippen molar-refractivity contribution < 1.29 is 4.43 Å². The minimum absolute atomic E-state index is 0.438. The minimum Gasteiger partial charge on any atom is -0.439 e. The van der Waals surface area contributed by atoms with Gasteiger partial charge in [-0.3, -0.25) is 0 Å². The predicted octanol–water partition coefficient (Wildman–Crippen LogP) is -1.60. The van der Waals surface area contributed by atoms with Gasteiger partial charge in [0, 0.05) is 30.3 Å². The number of hydrogen-bond acceptors (Lipinski definition) is 1. The summed E-state index contributed by atoms with van der Waals surface area (Å²) in [7, 11) is 15.6. The van der Waals surface area contributed by atoms with Crippen LogP contribution in [0.2, 0.25) is 6.55 Å². The van der Waals surface area contributed by atoms with Gasteiger partial charge in [-0.2, -0.15) is 0 Å². The highest BCUT2D eigenvalue weighted by Crippen LogP contribution is 1.99. The van der Waals surface area contributed by atoms with Gasteiger partial charge in [0.2, 0.25) is 0 Å². The molecule has 0 N–H and O–H groups in total. The van der Waals surface area contributed by atoms with E-state index in [-0.39, 0.29) is 0 Å². The summed E-state index contributed by atoms with van der Waals surface area (Å²) >= 11 is 0. The Morgan fingerprint density at radius 3 is 2.00 bits per heavy atom. The average molecular weight is 128 g/mol. The molecular formula is C2H6B5OSi. The standard InChI is InChI=1S/C2H6B5OSi/c1-8-9(2,6-3)7(4)5/h1-2H3. The molecule has 0 amide bonds. The molecule has 0 aromatic rings. The molecule has 0 heterocycles. The topological polar surface area (TPSA) is 9.23 Å². The monoisotopic (exact) mass is 129 g/mol. The van der Waals surface area contributed by atoms with Crippen molar-refractivity contribution in [2.45, 2.75) is 6.55 Å². The first-order chi connectivity index (χ1) is 4.06. The maximum atomic E-state index is 5.40.